The van der Waals surface area contributed by atoms with Crippen molar-refractivity contribution in [2.75, 3.05) is 0 Å². The molecule has 1 fully saturated rings. The number of halogens is 1. The lowest BCUT2D eigenvalue weighted by Crippen LogP contribution is -2.48. The van der Waals surface area contributed by atoms with Crippen molar-refractivity contribution >= 4 is 49.2 Å². The molecule has 3 amide bonds. The molecular weight excluding hydrogens is 382 g/mol. The van der Waals surface area contributed by atoms with Gasteiger partial charge in [-0.1, -0.05) is 6.92 Å². The molecule has 0 aromatic carbocycles. The SMILES string of the molecule is CC[C@@]1(C)NC(=O)N(NS(=O)(=O)c2cc(C)c(Br)s2)C1=O. The van der Waals surface area contributed by atoms with Gasteiger partial charge in [-0.3, -0.25) is 4.79 Å². The zero-order valence-corrected chi connectivity index (χ0v) is 14.8. The second kappa shape index (κ2) is 5.34. The Morgan fingerprint density at radius 1 is 1.48 bits per heavy atom. The van der Waals surface area contributed by atoms with Crippen LogP contribution in [0.1, 0.15) is 25.8 Å². The molecule has 1 atom stereocenters. The van der Waals surface area contributed by atoms with Crippen LogP contribution in [0.5, 0.6) is 0 Å². The lowest BCUT2D eigenvalue weighted by atomic mass is 10.00. The van der Waals surface area contributed by atoms with E-state index in [0.717, 1.165) is 16.9 Å². The molecule has 1 aliphatic rings. The fourth-order valence-corrected chi connectivity index (χ4v) is 4.96. The number of hydrazine groups is 1. The van der Waals surface area contributed by atoms with E-state index in [2.05, 4.69) is 21.2 Å². The highest BCUT2D eigenvalue weighted by Crippen LogP contribution is 2.31. The molecule has 21 heavy (non-hydrogen) atoms. The number of nitrogens with zero attached hydrogens (tertiary/aromatic N) is 1. The number of amides is 3. The Morgan fingerprint density at radius 3 is 2.52 bits per heavy atom. The summed E-state index contributed by atoms with van der Waals surface area (Å²) in [6.45, 7) is 5.03. The van der Waals surface area contributed by atoms with Gasteiger partial charge in [0.25, 0.3) is 15.9 Å². The fourth-order valence-electron chi connectivity index (χ4n) is 1.74. The van der Waals surface area contributed by atoms with E-state index >= 15 is 0 Å². The van der Waals surface area contributed by atoms with Gasteiger partial charge in [-0.15, -0.1) is 16.2 Å². The molecule has 1 aliphatic heterocycles. The second-order valence-electron chi connectivity index (χ2n) is 4.87. The molecule has 0 spiro atoms. The van der Waals surface area contributed by atoms with E-state index in [-0.39, 0.29) is 4.21 Å². The predicted molar refractivity (Wildman–Crippen MR) is 81.2 cm³/mol. The maximum Gasteiger partial charge on any atom is 0.340 e. The van der Waals surface area contributed by atoms with Gasteiger partial charge in [0.1, 0.15) is 9.75 Å². The zero-order chi connectivity index (χ0) is 16.0. The number of carbonyl (C=O) groups excluding carboxylic acids is 2. The first-order valence-corrected chi connectivity index (χ1v) is 9.15. The van der Waals surface area contributed by atoms with Crippen molar-refractivity contribution in [1.82, 2.24) is 15.2 Å². The number of sulfonamides is 1. The van der Waals surface area contributed by atoms with Crippen molar-refractivity contribution in [3.8, 4) is 0 Å². The minimum absolute atomic E-state index is 0.0255. The molecule has 0 saturated carbocycles. The summed E-state index contributed by atoms with van der Waals surface area (Å²) in [4.78, 5) is 26.0. The third-order valence-electron chi connectivity index (χ3n) is 3.28. The Hall–Kier alpha value is -0.970. The Kier molecular flexibility index (Phi) is 4.17. The maximum absolute atomic E-state index is 12.2. The minimum atomic E-state index is -3.99. The molecule has 116 valence electrons. The lowest BCUT2D eigenvalue weighted by Gasteiger charge is -2.19. The number of carbonyl (C=O) groups is 2. The van der Waals surface area contributed by atoms with E-state index < -0.39 is 27.5 Å². The van der Waals surface area contributed by atoms with Gasteiger partial charge in [-0.2, -0.15) is 5.01 Å². The maximum atomic E-state index is 12.2. The van der Waals surface area contributed by atoms with Crippen LogP contribution in [0.3, 0.4) is 0 Å². The standard InChI is InChI=1S/C11H14BrN3O4S2/c1-4-11(3)9(16)15(10(17)13-11)14-21(18,19)7-5-6(2)8(12)20-7/h5,14H,4H2,1-3H3,(H,13,17)/t11-/m1/s1. The summed E-state index contributed by atoms with van der Waals surface area (Å²) >= 11 is 4.25. The molecule has 0 bridgehead atoms. The average Bonchev–Trinajstić information content (AvgIpc) is 2.84. The molecule has 0 unspecified atom stereocenters. The number of nitrogens with one attached hydrogen (secondary N) is 2. The Labute approximate surface area is 134 Å². The van der Waals surface area contributed by atoms with Crippen molar-refractivity contribution < 1.29 is 18.0 Å². The zero-order valence-electron chi connectivity index (χ0n) is 11.6. The summed E-state index contributed by atoms with van der Waals surface area (Å²) in [6, 6.07) is 0.689. The number of thiophene rings is 1. The monoisotopic (exact) mass is 395 g/mol. The molecule has 0 aliphatic carbocycles. The van der Waals surface area contributed by atoms with Crippen LogP contribution in [0, 0.1) is 6.92 Å². The van der Waals surface area contributed by atoms with Gasteiger partial charge in [0.05, 0.1) is 3.79 Å². The van der Waals surface area contributed by atoms with Crippen molar-refractivity contribution in [1.29, 1.82) is 0 Å². The van der Waals surface area contributed by atoms with Crippen LogP contribution in [0.15, 0.2) is 14.1 Å². The van der Waals surface area contributed by atoms with Crippen LogP contribution >= 0.6 is 27.3 Å². The molecule has 2 N–H and O–H groups in total. The van der Waals surface area contributed by atoms with Crippen LogP contribution in [0.25, 0.3) is 0 Å². The summed E-state index contributed by atoms with van der Waals surface area (Å²) < 4.78 is 25.2. The van der Waals surface area contributed by atoms with Gasteiger partial charge in [-0.05, 0) is 47.8 Å². The van der Waals surface area contributed by atoms with Gasteiger partial charge in [0, 0.05) is 0 Å². The molecule has 10 heteroatoms. The largest absolute Gasteiger partial charge is 0.340 e. The van der Waals surface area contributed by atoms with E-state index in [4.69, 9.17) is 0 Å². The van der Waals surface area contributed by atoms with Gasteiger partial charge in [0.15, 0.2) is 0 Å². The molecule has 0 radical (unpaired) electrons. The molecular formula is C11H14BrN3O4S2. The topological polar surface area (TPSA) is 95.6 Å². The predicted octanol–water partition coefficient (Wildman–Crippen LogP) is 1.73. The van der Waals surface area contributed by atoms with Gasteiger partial charge >= 0.3 is 6.03 Å². The van der Waals surface area contributed by atoms with E-state index in [1.807, 2.05) is 4.83 Å². The van der Waals surface area contributed by atoms with Crippen LogP contribution in [-0.2, 0) is 14.8 Å². The van der Waals surface area contributed by atoms with Crippen molar-refractivity contribution in [3.05, 3.63) is 15.4 Å². The van der Waals surface area contributed by atoms with Crippen molar-refractivity contribution in [2.24, 2.45) is 0 Å². The van der Waals surface area contributed by atoms with E-state index in [0.29, 0.717) is 15.2 Å². The van der Waals surface area contributed by atoms with Gasteiger partial charge < -0.3 is 5.32 Å². The summed E-state index contributed by atoms with van der Waals surface area (Å²) in [5, 5.41) is 2.99. The second-order valence-corrected chi connectivity index (χ2v) is 9.13. The highest BCUT2D eigenvalue weighted by molar-refractivity contribution is 9.11. The number of imide groups is 1. The summed E-state index contributed by atoms with van der Waals surface area (Å²) in [5.41, 5.74) is -0.332. The Morgan fingerprint density at radius 2 is 2.10 bits per heavy atom. The minimum Gasteiger partial charge on any atom is -0.322 e. The van der Waals surface area contributed by atoms with Crippen molar-refractivity contribution in [3.63, 3.8) is 0 Å². The van der Waals surface area contributed by atoms with E-state index in [9.17, 15) is 18.0 Å². The van der Waals surface area contributed by atoms with E-state index in [1.54, 1.807) is 20.8 Å². The molecule has 2 heterocycles. The Bertz CT molecular complexity index is 696. The van der Waals surface area contributed by atoms with Crippen LogP contribution in [0.2, 0.25) is 0 Å². The summed E-state index contributed by atoms with van der Waals surface area (Å²) in [7, 11) is -3.99. The number of hydrogen-bond acceptors (Lipinski definition) is 5. The van der Waals surface area contributed by atoms with Crippen molar-refractivity contribution in [2.45, 2.75) is 36.9 Å². The highest BCUT2D eigenvalue weighted by atomic mass is 79.9. The smallest absolute Gasteiger partial charge is 0.322 e. The molecule has 7 nitrogen and oxygen atoms in total. The van der Waals surface area contributed by atoms with Gasteiger partial charge in [0.2, 0.25) is 0 Å². The first-order valence-electron chi connectivity index (χ1n) is 6.06. The van der Waals surface area contributed by atoms with Gasteiger partial charge in [-0.25, -0.2) is 13.2 Å². The average molecular weight is 396 g/mol. The third-order valence-corrected chi connectivity index (χ3v) is 7.19. The number of urea groups is 1. The first kappa shape index (κ1) is 16.4. The summed E-state index contributed by atoms with van der Waals surface area (Å²) in [5.74, 6) is -0.620. The molecule has 1 saturated heterocycles. The van der Waals surface area contributed by atoms with Crippen LogP contribution in [0.4, 0.5) is 4.79 Å². The third kappa shape index (κ3) is 2.85. The normalized spacial score (nSPS) is 22.8. The number of aryl methyl sites for hydroxylation is 1. The lowest BCUT2D eigenvalue weighted by molar-refractivity contribution is -0.131. The molecule has 1 aromatic rings. The van der Waals surface area contributed by atoms with E-state index in [1.165, 1.54) is 6.07 Å². The highest BCUT2D eigenvalue weighted by Gasteiger charge is 2.48. The Balaban J connectivity index is 2.29. The molecule has 1 aromatic heterocycles. The fraction of sp³-hybridized carbons (Fsp3) is 0.455. The quantitative estimate of drug-likeness (QED) is 0.758. The first-order chi connectivity index (χ1) is 9.60. The number of hydrogen-bond donors (Lipinski definition) is 2. The van der Waals surface area contributed by atoms with Crippen LogP contribution in [-0.4, -0.2) is 30.9 Å². The molecule has 2 rings (SSSR count). The summed E-state index contributed by atoms with van der Waals surface area (Å²) in [6.07, 6.45) is 0.361. The van der Waals surface area contributed by atoms with Crippen LogP contribution < -0.4 is 10.1 Å². The number of rotatable bonds is 4.